The number of halogens is 2. The fraction of sp³-hybridized carbons (Fsp3) is 0.267. The number of hydrogen-bond acceptors (Lipinski definition) is 5. The lowest BCUT2D eigenvalue weighted by atomic mass is 10.2. The van der Waals surface area contributed by atoms with Gasteiger partial charge in [0.1, 0.15) is 0 Å². The second kappa shape index (κ2) is 7.18. The minimum Gasteiger partial charge on any atom is -0.302 e. The van der Waals surface area contributed by atoms with E-state index in [1.807, 2.05) is 16.8 Å². The summed E-state index contributed by atoms with van der Waals surface area (Å²) < 4.78 is 26.7. The predicted molar refractivity (Wildman–Crippen MR) is 90.6 cm³/mol. The number of nitrogens with one attached hydrogen (secondary N) is 1. The van der Waals surface area contributed by atoms with Crippen molar-refractivity contribution in [2.24, 2.45) is 0 Å². The number of amides is 1. The van der Waals surface area contributed by atoms with Crippen molar-refractivity contribution in [1.29, 1.82) is 0 Å². The summed E-state index contributed by atoms with van der Waals surface area (Å²) in [5, 5.41) is 7.08. The van der Waals surface area contributed by atoms with E-state index in [0.717, 1.165) is 21.5 Å². The van der Waals surface area contributed by atoms with Gasteiger partial charge in [-0.3, -0.25) is 9.36 Å². The van der Waals surface area contributed by atoms with Crippen LogP contribution in [0.15, 0.2) is 29.2 Å². The standard InChI is InChI=1S/C15H14F2N4OS2/c1-9-12(13-18-5-6-21(13)14(16)17)24-15(19-9)20-11(22)3-2-10-4-7-23-8-10/h4-8,14H,2-3H2,1H3,(H,19,20,22). The van der Waals surface area contributed by atoms with Gasteiger partial charge in [-0.05, 0) is 35.7 Å². The maximum absolute atomic E-state index is 13.0. The van der Waals surface area contributed by atoms with Crippen LogP contribution in [0.5, 0.6) is 0 Å². The topological polar surface area (TPSA) is 59.8 Å². The van der Waals surface area contributed by atoms with Crippen LogP contribution < -0.4 is 5.32 Å². The number of rotatable bonds is 6. The zero-order valence-electron chi connectivity index (χ0n) is 12.7. The van der Waals surface area contributed by atoms with Gasteiger partial charge in [0.05, 0.1) is 10.6 Å². The summed E-state index contributed by atoms with van der Waals surface area (Å²) in [6, 6.07) is 1.98. The predicted octanol–water partition coefficient (Wildman–Crippen LogP) is 4.34. The number of alkyl halides is 2. The van der Waals surface area contributed by atoms with Crippen molar-refractivity contribution < 1.29 is 13.6 Å². The largest absolute Gasteiger partial charge is 0.320 e. The summed E-state index contributed by atoms with van der Waals surface area (Å²) in [7, 11) is 0. The van der Waals surface area contributed by atoms with E-state index in [1.165, 1.54) is 12.4 Å². The molecule has 0 aliphatic heterocycles. The lowest BCUT2D eigenvalue weighted by molar-refractivity contribution is -0.116. The van der Waals surface area contributed by atoms with Gasteiger partial charge in [0.25, 0.3) is 0 Å². The molecule has 126 valence electrons. The first kappa shape index (κ1) is 16.7. The first-order valence-corrected chi connectivity index (χ1v) is 8.90. The van der Waals surface area contributed by atoms with Crippen molar-refractivity contribution in [2.45, 2.75) is 26.3 Å². The van der Waals surface area contributed by atoms with E-state index < -0.39 is 6.55 Å². The number of aryl methyl sites for hydroxylation is 2. The highest BCUT2D eigenvalue weighted by molar-refractivity contribution is 7.19. The summed E-state index contributed by atoms with van der Waals surface area (Å²) in [4.78, 5) is 20.7. The van der Waals surface area contributed by atoms with E-state index in [-0.39, 0.29) is 11.7 Å². The average molecular weight is 368 g/mol. The van der Waals surface area contributed by atoms with Crippen LogP contribution in [-0.2, 0) is 11.2 Å². The molecule has 0 aromatic carbocycles. The van der Waals surface area contributed by atoms with E-state index in [1.54, 1.807) is 18.3 Å². The number of anilines is 1. The van der Waals surface area contributed by atoms with Gasteiger partial charge in [0.15, 0.2) is 11.0 Å². The van der Waals surface area contributed by atoms with Gasteiger partial charge in [0, 0.05) is 18.8 Å². The quantitative estimate of drug-likeness (QED) is 0.704. The van der Waals surface area contributed by atoms with Crippen LogP contribution in [0, 0.1) is 6.92 Å². The smallest absolute Gasteiger partial charge is 0.302 e. The number of carbonyl (C=O) groups excluding carboxylic acids is 1. The number of thiazole rings is 1. The summed E-state index contributed by atoms with van der Waals surface area (Å²) in [6.07, 6.45) is 3.54. The molecular weight excluding hydrogens is 354 g/mol. The van der Waals surface area contributed by atoms with Crippen molar-refractivity contribution >= 4 is 33.7 Å². The first-order chi connectivity index (χ1) is 11.5. The van der Waals surface area contributed by atoms with Crippen LogP contribution >= 0.6 is 22.7 Å². The lowest BCUT2D eigenvalue weighted by Crippen LogP contribution is -2.11. The van der Waals surface area contributed by atoms with Gasteiger partial charge >= 0.3 is 6.55 Å². The maximum atomic E-state index is 13.0. The molecule has 9 heteroatoms. The van der Waals surface area contributed by atoms with Crippen LogP contribution in [0.4, 0.5) is 13.9 Å². The molecule has 3 aromatic rings. The number of imidazole rings is 1. The number of hydrogen-bond donors (Lipinski definition) is 1. The Morgan fingerprint density at radius 3 is 3.00 bits per heavy atom. The Bertz CT molecular complexity index is 827. The average Bonchev–Trinajstić information content (AvgIpc) is 3.25. The molecule has 0 fully saturated rings. The van der Waals surface area contributed by atoms with E-state index in [9.17, 15) is 13.6 Å². The van der Waals surface area contributed by atoms with Crippen molar-refractivity contribution in [1.82, 2.24) is 14.5 Å². The van der Waals surface area contributed by atoms with E-state index in [4.69, 9.17) is 0 Å². The number of nitrogens with zero attached hydrogens (tertiary/aromatic N) is 3. The number of carbonyl (C=O) groups is 1. The van der Waals surface area contributed by atoms with Gasteiger partial charge in [0.2, 0.25) is 5.91 Å². The van der Waals surface area contributed by atoms with Crippen molar-refractivity contribution in [2.75, 3.05) is 5.32 Å². The van der Waals surface area contributed by atoms with Gasteiger partial charge in [-0.15, -0.1) is 0 Å². The van der Waals surface area contributed by atoms with Crippen LogP contribution in [0.1, 0.15) is 24.2 Å². The second-order valence-electron chi connectivity index (χ2n) is 5.05. The van der Waals surface area contributed by atoms with Gasteiger partial charge in [-0.1, -0.05) is 11.3 Å². The summed E-state index contributed by atoms with van der Waals surface area (Å²) in [6.45, 7) is -0.968. The highest BCUT2D eigenvalue weighted by Crippen LogP contribution is 2.33. The molecule has 3 aromatic heterocycles. The molecule has 24 heavy (non-hydrogen) atoms. The highest BCUT2D eigenvalue weighted by Gasteiger charge is 2.19. The number of aromatic nitrogens is 3. The molecule has 0 atom stereocenters. The van der Waals surface area contributed by atoms with E-state index in [2.05, 4.69) is 15.3 Å². The van der Waals surface area contributed by atoms with E-state index in [0.29, 0.717) is 28.5 Å². The summed E-state index contributed by atoms with van der Waals surface area (Å²) >= 11 is 2.73. The SMILES string of the molecule is Cc1nc(NC(=O)CCc2ccsc2)sc1-c1nccn1C(F)F. The molecule has 0 aliphatic rings. The third-order valence-corrected chi connectivity index (χ3v) is 5.15. The molecule has 1 amide bonds. The summed E-state index contributed by atoms with van der Waals surface area (Å²) in [5.41, 5.74) is 1.67. The van der Waals surface area contributed by atoms with Gasteiger partial charge in [-0.2, -0.15) is 20.1 Å². The Morgan fingerprint density at radius 1 is 1.46 bits per heavy atom. The van der Waals surface area contributed by atoms with Crippen molar-refractivity contribution in [3.63, 3.8) is 0 Å². The van der Waals surface area contributed by atoms with Gasteiger partial charge < -0.3 is 5.32 Å². The third-order valence-electron chi connectivity index (χ3n) is 3.35. The zero-order chi connectivity index (χ0) is 17.1. The van der Waals surface area contributed by atoms with Crippen molar-refractivity contribution in [3.05, 3.63) is 40.5 Å². The maximum Gasteiger partial charge on any atom is 0.320 e. The molecule has 0 saturated heterocycles. The first-order valence-electron chi connectivity index (χ1n) is 7.14. The fourth-order valence-electron chi connectivity index (χ4n) is 2.18. The molecule has 0 bridgehead atoms. The molecular formula is C15H14F2N4OS2. The Labute approximate surface area is 145 Å². The summed E-state index contributed by atoms with van der Waals surface area (Å²) in [5.74, 6) is -0.00234. The minimum atomic E-state index is -2.67. The number of thiophene rings is 1. The molecule has 0 spiro atoms. The molecule has 0 aliphatic carbocycles. The third kappa shape index (κ3) is 3.68. The zero-order valence-corrected chi connectivity index (χ0v) is 14.3. The lowest BCUT2D eigenvalue weighted by Gasteiger charge is -2.04. The van der Waals surface area contributed by atoms with Crippen LogP contribution in [0.25, 0.3) is 10.7 Å². The molecule has 5 nitrogen and oxygen atoms in total. The Kier molecular flexibility index (Phi) is 5.00. The normalized spacial score (nSPS) is 11.2. The van der Waals surface area contributed by atoms with Crippen LogP contribution in [0.2, 0.25) is 0 Å². The van der Waals surface area contributed by atoms with Crippen LogP contribution in [-0.4, -0.2) is 20.4 Å². The molecule has 3 rings (SSSR count). The molecule has 3 heterocycles. The monoisotopic (exact) mass is 368 g/mol. The molecule has 0 saturated carbocycles. The minimum absolute atomic E-state index is 0.152. The Hall–Kier alpha value is -2.13. The molecule has 0 unspecified atom stereocenters. The highest BCUT2D eigenvalue weighted by atomic mass is 32.1. The van der Waals surface area contributed by atoms with Crippen LogP contribution in [0.3, 0.4) is 0 Å². The Morgan fingerprint density at radius 2 is 2.29 bits per heavy atom. The van der Waals surface area contributed by atoms with E-state index >= 15 is 0 Å². The molecule has 0 radical (unpaired) electrons. The van der Waals surface area contributed by atoms with Crippen molar-refractivity contribution in [3.8, 4) is 10.7 Å². The second-order valence-corrected chi connectivity index (χ2v) is 6.83. The van der Waals surface area contributed by atoms with Gasteiger partial charge in [-0.25, -0.2) is 9.97 Å². The fourth-order valence-corrected chi connectivity index (χ4v) is 3.86. The molecule has 1 N–H and O–H groups in total. The Balaban J connectivity index is 1.69.